The minimum absolute atomic E-state index is 0.870. The van der Waals surface area contributed by atoms with Crippen LogP contribution in [0.5, 0.6) is 0 Å². The minimum atomic E-state index is 0.870. The molecule has 0 amide bonds. The molecule has 0 bridgehead atoms. The lowest BCUT2D eigenvalue weighted by Gasteiger charge is -2.16. The first-order valence-corrected chi connectivity index (χ1v) is 7.62. The van der Waals surface area contributed by atoms with E-state index in [0.717, 1.165) is 11.1 Å². The van der Waals surface area contributed by atoms with E-state index in [0.29, 0.717) is 0 Å². The molecule has 1 N–H and O–H groups in total. The molecule has 0 radical (unpaired) electrons. The van der Waals surface area contributed by atoms with Crippen molar-refractivity contribution in [1.29, 1.82) is 5.26 Å². The number of hydrogen-bond acceptors (Lipinski definition) is 2. The summed E-state index contributed by atoms with van der Waals surface area (Å²) in [6.07, 6.45) is 2.07. The molecule has 0 heterocycles. The molecular weight excluding hydrogens is 280 g/mol. The zero-order chi connectivity index (χ0) is 15.4. The largest absolute Gasteiger partial charge is 0.292 e. The quantitative estimate of drug-likeness (QED) is 0.188. The molecule has 0 aliphatic rings. The van der Waals surface area contributed by atoms with Crippen LogP contribution in [0.2, 0.25) is 0 Å². The lowest BCUT2D eigenvalue weighted by atomic mass is 9.89. The van der Waals surface area contributed by atoms with Gasteiger partial charge in [-0.25, -0.2) is 0 Å². The Labute approximate surface area is 132 Å². The normalized spacial score (nSPS) is 11.4. The summed E-state index contributed by atoms with van der Waals surface area (Å²) in [4.78, 5) is 0. The second-order valence-electron chi connectivity index (χ2n) is 5.84. The van der Waals surface area contributed by atoms with Gasteiger partial charge in [-0.2, -0.15) is 5.26 Å². The Balaban J connectivity index is 2.23. The molecule has 0 unspecified atom stereocenters. The summed E-state index contributed by atoms with van der Waals surface area (Å²) in [6, 6.07) is 23.3. The third kappa shape index (κ3) is 1.51. The van der Waals surface area contributed by atoms with E-state index in [4.69, 9.17) is 5.26 Å². The standard InChI is InChI=1S/C21H12N2/c22-12-23-18-11-10-14-6-2-8-16-15-7-1-4-13-5-3-9-17(19(13)15)21(18)20(14)16/h1-11,23H. The van der Waals surface area contributed by atoms with Crippen LogP contribution in [0.3, 0.4) is 0 Å². The summed E-state index contributed by atoms with van der Waals surface area (Å²) in [5.41, 5.74) is 0.870. The van der Waals surface area contributed by atoms with Crippen LogP contribution >= 0.6 is 0 Å². The van der Waals surface area contributed by atoms with E-state index in [1.54, 1.807) is 0 Å². The molecule has 23 heavy (non-hydrogen) atoms. The van der Waals surface area contributed by atoms with Crippen LogP contribution in [-0.4, -0.2) is 0 Å². The molecule has 0 spiro atoms. The third-order valence-corrected chi connectivity index (χ3v) is 4.70. The second kappa shape index (κ2) is 4.34. The third-order valence-electron chi connectivity index (χ3n) is 4.70. The van der Waals surface area contributed by atoms with Gasteiger partial charge < -0.3 is 0 Å². The summed E-state index contributed by atoms with van der Waals surface area (Å²) >= 11 is 0. The number of hydrogen-bond donors (Lipinski definition) is 1. The molecular formula is C21H12N2. The van der Waals surface area contributed by atoms with Crippen molar-refractivity contribution in [2.24, 2.45) is 0 Å². The molecule has 0 fully saturated rings. The van der Waals surface area contributed by atoms with Crippen LogP contribution in [0.25, 0.3) is 43.1 Å². The number of nitrogens with one attached hydrogen (secondary N) is 1. The van der Waals surface area contributed by atoms with Crippen molar-refractivity contribution in [3.05, 3.63) is 66.7 Å². The minimum Gasteiger partial charge on any atom is -0.292 e. The Hall–Kier alpha value is -3.31. The number of nitrogens with zero attached hydrogens (tertiary/aromatic N) is 1. The number of rotatable bonds is 1. The van der Waals surface area contributed by atoms with Crippen molar-refractivity contribution in [3.8, 4) is 6.19 Å². The van der Waals surface area contributed by atoms with Gasteiger partial charge in [-0.05, 0) is 43.8 Å². The Morgan fingerprint density at radius 3 is 1.91 bits per heavy atom. The average Bonchev–Trinajstić information content (AvgIpc) is 2.60. The van der Waals surface area contributed by atoms with E-state index in [9.17, 15) is 0 Å². The highest BCUT2D eigenvalue weighted by Crippen LogP contribution is 2.42. The van der Waals surface area contributed by atoms with Gasteiger partial charge in [0.15, 0.2) is 6.19 Å². The predicted molar refractivity (Wildman–Crippen MR) is 96.9 cm³/mol. The van der Waals surface area contributed by atoms with Gasteiger partial charge in [0.2, 0.25) is 0 Å². The highest BCUT2D eigenvalue weighted by atomic mass is 14.9. The molecule has 0 aliphatic carbocycles. The summed E-state index contributed by atoms with van der Waals surface area (Å²) in [5, 5.41) is 21.7. The molecule has 2 heteroatoms. The van der Waals surface area contributed by atoms with E-state index in [-0.39, 0.29) is 0 Å². The summed E-state index contributed by atoms with van der Waals surface area (Å²) in [6.45, 7) is 0. The Kier molecular flexibility index (Phi) is 2.32. The van der Waals surface area contributed by atoms with Crippen LogP contribution in [0.4, 0.5) is 5.69 Å². The van der Waals surface area contributed by atoms with Gasteiger partial charge in [0.05, 0.1) is 5.69 Å². The topological polar surface area (TPSA) is 35.8 Å². The summed E-state index contributed by atoms with van der Waals surface area (Å²) in [5.74, 6) is 0. The maximum Gasteiger partial charge on any atom is 0.181 e. The Bertz CT molecular complexity index is 1240. The van der Waals surface area contributed by atoms with Gasteiger partial charge in [-0.15, -0.1) is 0 Å². The van der Waals surface area contributed by atoms with E-state index >= 15 is 0 Å². The maximum atomic E-state index is 9.13. The highest BCUT2D eigenvalue weighted by molar-refractivity contribution is 6.35. The maximum absolute atomic E-state index is 9.13. The Morgan fingerprint density at radius 1 is 0.609 bits per heavy atom. The van der Waals surface area contributed by atoms with Gasteiger partial charge in [0, 0.05) is 5.39 Å². The van der Waals surface area contributed by atoms with Crippen LogP contribution in [0.1, 0.15) is 0 Å². The van der Waals surface area contributed by atoms with Crippen molar-refractivity contribution in [2.75, 3.05) is 5.32 Å². The molecule has 5 aromatic rings. The van der Waals surface area contributed by atoms with Crippen molar-refractivity contribution < 1.29 is 0 Å². The lowest BCUT2D eigenvalue weighted by Crippen LogP contribution is -1.92. The van der Waals surface area contributed by atoms with Gasteiger partial charge in [0.25, 0.3) is 0 Å². The molecule has 5 rings (SSSR count). The molecule has 106 valence electrons. The zero-order valence-electron chi connectivity index (χ0n) is 12.3. The first kappa shape index (κ1) is 12.3. The fraction of sp³-hybridized carbons (Fsp3) is 0. The summed E-state index contributed by atoms with van der Waals surface area (Å²) < 4.78 is 0. The van der Waals surface area contributed by atoms with Crippen LogP contribution < -0.4 is 5.32 Å². The van der Waals surface area contributed by atoms with Crippen molar-refractivity contribution in [1.82, 2.24) is 0 Å². The van der Waals surface area contributed by atoms with E-state index in [1.165, 1.54) is 37.7 Å². The molecule has 0 aliphatic heterocycles. The highest BCUT2D eigenvalue weighted by Gasteiger charge is 2.14. The number of anilines is 1. The van der Waals surface area contributed by atoms with E-state index in [2.05, 4.69) is 72.2 Å². The first-order valence-electron chi connectivity index (χ1n) is 7.62. The fourth-order valence-corrected chi connectivity index (χ4v) is 3.82. The zero-order valence-corrected chi connectivity index (χ0v) is 12.3. The molecule has 0 saturated heterocycles. The van der Waals surface area contributed by atoms with E-state index in [1.807, 2.05) is 6.07 Å². The molecule has 0 aromatic heterocycles. The fourth-order valence-electron chi connectivity index (χ4n) is 3.82. The number of benzene rings is 5. The van der Waals surface area contributed by atoms with Crippen molar-refractivity contribution in [3.63, 3.8) is 0 Å². The van der Waals surface area contributed by atoms with Gasteiger partial charge in [-0.1, -0.05) is 60.7 Å². The van der Waals surface area contributed by atoms with Crippen LogP contribution in [0.15, 0.2) is 66.7 Å². The smallest absolute Gasteiger partial charge is 0.181 e. The Morgan fingerprint density at radius 2 is 1.22 bits per heavy atom. The molecule has 0 saturated carbocycles. The number of nitriles is 1. The van der Waals surface area contributed by atoms with Crippen molar-refractivity contribution in [2.45, 2.75) is 0 Å². The van der Waals surface area contributed by atoms with Crippen LogP contribution in [0, 0.1) is 11.5 Å². The van der Waals surface area contributed by atoms with Gasteiger partial charge >= 0.3 is 0 Å². The predicted octanol–water partition coefficient (Wildman–Crippen LogP) is 5.63. The monoisotopic (exact) mass is 292 g/mol. The van der Waals surface area contributed by atoms with Gasteiger partial charge in [-0.3, -0.25) is 5.32 Å². The second-order valence-corrected chi connectivity index (χ2v) is 5.84. The van der Waals surface area contributed by atoms with Crippen molar-refractivity contribution >= 4 is 48.8 Å². The molecule has 5 aromatic carbocycles. The SMILES string of the molecule is N#CNc1ccc2cccc3c4cccc5cccc(c1c23)c54. The number of fused-ring (bicyclic) bond motifs is 2. The van der Waals surface area contributed by atoms with E-state index < -0.39 is 0 Å². The average molecular weight is 292 g/mol. The molecule has 2 nitrogen and oxygen atoms in total. The van der Waals surface area contributed by atoms with Crippen LogP contribution in [-0.2, 0) is 0 Å². The lowest BCUT2D eigenvalue weighted by molar-refractivity contribution is 1.48. The van der Waals surface area contributed by atoms with Gasteiger partial charge in [0.1, 0.15) is 0 Å². The molecule has 0 atom stereocenters. The summed E-state index contributed by atoms with van der Waals surface area (Å²) in [7, 11) is 0. The first-order chi connectivity index (χ1) is 11.4.